The highest BCUT2D eigenvalue weighted by molar-refractivity contribution is 6.75. The van der Waals surface area contributed by atoms with Gasteiger partial charge in [0.15, 0.2) is 0 Å². The molecule has 1 aliphatic heterocycles. The second-order valence-electron chi connectivity index (χ2n) is 8.51. The maximum Gasteiger partial charge on any atom is 0.226 e. The van der Waals surface area contributed by atoms with Crippen LogP contribution in [-0.4, -0.2) is 37.0 Å². The maximum absolute atomic E-state index is 12.8. The lowest BCUT2D eigenvalue weighted by atomic mass is 9.88. The van der Waals surface area contributed by atoms with Crippen molar-refractivity contribution in [3.63, 3.8) is 0 Å². The first-order valence-electron chi connectivity index (χ1n) is 10.4. The van der Waals surface area contributed by atoms with Crippen LogP contribution in [0, 0.1) is 0 Å². The molecule has 2 aromatic carbocycles. The molecule has 0 saturated carbocycles. The second-order valence-corrected chi connectivity index (χ2v) is 12.2. The SMILES string of the molecule is C[Si](C)(O)/C=C/c1cccc(CC(=O)N2CCC(c3cccc(CN)c3)CC2)c1. The Labute approximate surface area is 175 Å². The van der Waals surface area contributed by atoms with E-state index in [4.69, 9.17) is 5.73 Å². The Kier molecular flexibility index (Phi) is 7.06. The van der Waals surface area contributed by atoms with Crippen LogP contribution in [0.5, 0.6) is 0 Å². The molecule has 0 bridgehead atoms. The summed E-state index contributed by atoms with van der Waals surface area (Å²) in [6.07, 6.45) is 4.38. The van der Waals surface area contributed by atoms with E-state index >= 15 is 0 Å². The molecule has 3 N–H and O–H groups in total. The Morgan fingerprint density at radius 3 is 2.52 bits per heavy atom. The van der Waals surface area contributed by atoms with E-state index in [1.54, 1.807) is 0 Å². The van der Waals surface area contributed by atoms with E-state index < -0.39 is 8.32 Å². The first kappa shape index (κ1) is 21.5. The highest BCUT2D eigenvalue weighted by atomic mass is 28.4. The van der Waals surface area contributed by atoms with E-state index in [2.05, 4.69) is 24.3 Å². The van der Waals surface area contributed by atoms with Gasteiger partial charge in [-0.25, -0.2) is 0 Å². The van der Waals surface area contributed by atoms with Gasteiger partial charge in [-0.05, 0) is 54.1 Å². The molecule has 1 saturated heterocycles. The molecule has 0 atom stereocenters. The molecule has 1 aliphatic rings. The number of benzene rings is 2. The van der Waals surface area contributed by atoms with Gasteiger partial charge in [-0.2, -0.15) is 0 Å². The highest BCUT2D eigenvalue weighted by Gasteiger charge is 2.24. The van der Waals surface area contributed by atoms with Gasteiger partial charge in [0, 0.05) is 19.6 Å². The monoisotopic (exact) mass is 408 g/mol. The first-order valence-corrected chi connectivity index (χ1v) is 13.4. The normalized spacial score (nSPS) is 15.8. The fourth-order valence-electron chi connectivity index (χ4n) is 3.83. The summed E-state index contributed by atoms with van der Waals surface area (Å²) in [6, 6.07) is 16.6. The Balaban J connectivity index is 1.56. The topological polar surface area (TPSA) is 66.6 Å². The van der Waals surface area contributed by atoms with E-state index in [1.807, 2.05) is 54.0 Å². The maximum atomic E-state index is 12.8. The lowest BCUT2D eigenvalue weighted by molar-refractivity contribution is -0.131. The van der Waals surface area contributed by atoms with Gasteiger partial charge in [0.25, 0.3) is 0 Å². The zero-order chi connectivity index (χ0) is 20.9. The fourth-order valence-corrected chi connectivity index (χ4v) is 4.43. The van der Waals surface area contributed by atoms with E-state index in [1.165, 1.54) is 11.1 Å². The number of carbonyl (C=O) groups excluding carboxylic acids is 1. The number of piperidine rings is 1. The number of hydrogen-bond acceptors (Lipinski definition) is 3. The molecular formula is C24H32N2O2Si. The van der Waals surface area contributed by atoms with Gasteiger partial charge in [-0.1, -0.05) is 60.3 Å². The summed E-state index contributed by atoms with van der Waals surface area (Å²) in [7, 11) is -2.22. The molecule has 0 aromatic heterocycles. The van der Waals surface area contributed by atoms with Gasteiger partial charge in [0.05, 0.1) is 6.42 Å². The van der Waals surface area contributed by atoms with Crippen LogP contribution in [0.1, 0.15) is 41.0 Å². The lowest BCUT2D eigenvalue weighted by Crippen LogP contribution is -2.38. The van der Waals surface area contributed by atoms with Crippen molar-refractivity contribution < 1.29 is 9.59 Å². The minimum absolute atomic E-state index is 0.192. The third-order valence-electron chi connectivity index (χ3n) is 5.50. The van der Waals surface area contributed by atoms with Crippen LogP contribution in [0.25, 0.3) is 6.08 Å². The summed E-state index contributed by atoms with van der Waals surface area (Å²) >= 11 is 0. The molecule has 0 radical (unpaired) electrons. The standard InChI is InChI=1S/C24H32N2O2Si/c1-29(2,28)14-11-19-5-3-6-20(15-19)17-24(27)26-12-9-22(10-13-26)23-8-4-7-21(16-23)18-25/h3-8,11,14-16,22,28H,9-10,12-13,17-18,25H2,1-2H3/b14-11+. The molecule has 0 aliphatic carbocycles. The Bertz CT molecular complexity index is 865. The van der Waals surface area contributed by atoms with E-state index in [9.17, 15) is 9.59 Å². The number of rotatable bonds is 6. The van der Waals surface area contributed by atoms with Gasteiger partial charge >= 0.3 is 0 Å². The van der Waals surface area contributed by atoms with Crippen molar-refractivity contribution in [2.75, 3.05) is 13.1 Å². The van der Waals surface area contributed by atoms with Crippen molar-refractivity contribution in [2.24, 2.45) is 5.73 Å². The van der Waals surface area contributed by atoms with Crippen molar-refractivity contribution >= 4 is 20.3 Å². The highest BCUT2D eigenvalue weighted by Crippen LogP contribution is 2.29. The molecular weight excluding hydrogens is 376 g/mol. The van der Waals surface area contributed by atoms with Crippen molar-refractivity contribution in [3.8, 4) is 0 Å². The number of hydrogen-bond donors (Lipinski definition) is 2. The molecule has 4 nitrogen and oxygen atoms in total. The molecule has 0 unspecified atom stereocenters. The first-order chi connectivity index (χ1) is 13.8. The Hall–Kier alpha value is -2.21. The fraction of sp³-hybridized carbons (Fsp3) is 0.375. The van der Waals surface area contributed by atoms with Crippen molar-refractivity contribution in [3.05, 3.63) is 76.5 Å². The van der Waals surface area contributed by atoms with Crippen molar-refractivity contribution in [1.82, 2.24) is 4.90 Å². The van der Waals surface area contributed by atoms with E-state index in [-0.39, 0.29) is 5.91 Å². The zero-order valence-electron chi connectivity index (χ0n) is 17.5. The number of carbonyl (C=O) groups is 1. The summed E-state index contributed by atoms with van der Waals surface area (Å²) < 4.78 is 0. The number of likely N-dealkylation sites (tertiary alicyclic amines) is 1. The second kappa shape index (κ2) is 9.52. The van der Waals surface area contributed by atoms with E-state index in [0.717, 1.165) is 37.1 Å². The lowest BCUT2D eigenvalue weighted by Gasteiger charge is -2.32. The largest absolute Gasteiger partial charge is 0.428 e. The third-order valence-corrected chi connectivity index (χ3v) is 6.48. The van der Waals surface area contributed by atoms with E-state index in [0.29, 0.717) is 18.9 Å². The number of nitrogens with zero attached hydrogens (tertiary/aromatic N) is 1. The number of nitrogens with two attached hydrogens (primary N) is 1. The molecule has 154 valence electrons. The summed E-state index contributed by atoms with van der Waals surface area (Å²) in [5, 5.41) is 0. The number of amides is 1. The minimum Gasteiger partial charge on any atom is -0.428 e. The average Bonchev–Trinajstić information content (AvgIpc) is 2.72. The van der Waals surface area contributed by atoms with Gasteiger partial charge < -0.3 is 15.4 Å². The molecule has 1 heterocycles. The van der Waals surface area contributed by atoms with Crippen LogP contribution in [-0.2, 0) is 17.8 Å². The van der Waals surface area contributed by atoms with Gasteiger partial charge in [0.1, 0.15) is 0 Å². The van der Waals surface area contributed by atoms with Gasteiger partial charge in [0.2, 0.25) is 14.2 Å². The van der Waals surface area contributed by atoms with Crippen molar-refractivity contribution in [1.29, 1.82) is 0 Å². The molecule has 29 heavy (non-hydrogen) atoms. The summed E-state index contributed by atoms with van der Waals surface area (Å²) in [5.41, 5.74) is 12.2. The molecule has 5 heteroatoms. The van der Waals surface area contributed by atoms with Gasteiger partial charge in [-0.3, -0.25) is 4.79 Å². The quantitative estimate of drug-likeness (QED) is 0.714. The zero-order valence-corrected chi connectivity index (χ0v) is 18.5. The van der Waals surface area contributed by atoms with Crippen LogP contribution >= 0.6 is 0 Å². The Morgan fingerprint density at radius 2 is 1.83 bits per heavy atom. The molecule has 0 spiro atoms. The predicted octanol–water partition coefficient (Wildman–Crippen LogP) is 3.84. The third kappa shape index (κ3) is 6.39. The molecule has 1 fully saturated rings. The summed E-state index contributed by atoms with van der Waals surface area (Å²) in [4.78, 5) is 24.8. The van der Waals surface area contributed by atoms with Crippen LogP contribution in [0.3, 0.4) is 0 Å². The minimum atomic E-state index is -2.22. The predicted molar refractivity (Wildman–Crippen MR) is 122 cm³/mol. The molecule has 2 aromatic rings. The summed E-state index contributed by atoms with van der Waals surface area (Å²) in [5.74, 6) is 0.696. The van der Waals surface area contributed by atoms with Crippen molar-refractivity contribution in [2.45, 2.75) is 44.8 Å². The van der Waals surface area contributed by atoms with Crippen LogP contribution < -0.4 is 5.73 Å². The van der Waals surface area contributed by atoms with Crippen LogP contribution in [0.4, 0.5) is 0 Å². The molecule has 1 amide bonds. The van der Waals surface area contributed by atoms with Crippen LogP contribution in [0.2, 0.25) is 13.1 Å². The average molecular weight is 409 g/mol. The molecule has 3 rings (SSSR count). The van der Waals surface area contributed by atoms with Gasteiger partial charge in [-0.15, -0.1) is 0 Å². The Morgan fingerprint density at radius 1 is 1.14 bits per heavy atom. The summed E-state index contributed by atoms with van der Waals surface area (Å²) in [6.45, 7) is 5.94. The smallest absolute Gasteiger partial charge is 0.226 e. The van der Waals surface area contributed by atoms with Crippen LogP contribution in [0.15, 0.2) is 54.2 Å².